The molecule has 1 aliphatic heterocycles. The van der Waals surface area contributed by atoms with Crippen LogP contribution < -0.4 is 9.64 Å². The summed E-state index contributed by atoms with van der Waals surface area (Å²) >= 11 is 2.69. The summed E-state index contributed by atoms with van der Waals surface area (Å²) in [6.45, 7) is 1.92. The molecule has 0 spiro atoms. The second-order valence-corrected chi connectivity index (χ2v) is 10.1. The van der Waals surface area contributed by atoms with Gasteiger partial charge in [-0.05, 0) is 48.2 Å². The molecule has 0 saturated carbocycles. The topological polar surface area (TPSA) is 92.9 Å². The van der Waals surface area contributed by atoms with Gasteiger partial charge in [-0.1, -0.05) is 35.6 Å². The van der Waals surface area contributed by atoms with Crippen LogP contribution in [0.25, 0.3) is 21.2 Å². The molecule has 6 rings (SSSR count). The van der Waals surface area contributed by atoms with Gasteiger partial charge >= 0.3 is 0 Å². The van der Waals surface area contributed by atoms with E-state index in [4.69, 9.17) is 9.15 Å². The number of ketones is 1. The lowest BCUT2D eigenvalue weighted by atomic mass is 10.0. The molecule has 0 fully saturated rings. The van der Waals surface area contributed by atoms with Crippen LogP contribution in [-0.4, -0.2) is 28.9 Å². The zero-order chi connectivity index (χ0) is 24.3. The summed E-state index contributed by atoms with van der Waals surface area (Å²) in [5, 5.41) is 14.0. The Hall–Kier alpha value is -3.95. The molecule has 1 atom stereocenters. The number of rotatable bonds is 5. The zero-order valence-corrected chi connectivity index (χ0v) is 20.3. The smallest absolute Gasteiger partial charge is 0.296 e. The predicted octanol–water partition coefficient (Wildman–Crippen LogP) is 6.20. The summed E-state index contributed by atoms with van der Waals surface area (Å²) < 4.78 is 12.0. The van der Waals surface area contributed by atoms with Gasteiger partial charge in [-0.2, -0.15) is 0 Å². The Bertz CT molecular complexity index is 1630. The molecule has 5 aromatic rings. The largest absolute Gasteiger partial charge is 0.503 e. The number of benzene rings is 2. The van der Waals surface area contributed by atoms with Gasteiger partial charge in [-0.3, -0.25) is 14.5 Å². The monoisotopic (exact) mass is 502 g/mol. The summed E-state index contributed by atoms with van der Waals surface area (Å²) in [7, 11) is 1.60. The predicted molar refractivity (Wildman–Crippen MR) is 136 cm³/mol. The van der Waals surface area contributed by atoms with Crippen molar-refractivity contribution in [1.82, 2.24) is 4.98 Å². The number of fused-ring (bicyclic) bond motifs is 2. The lowest BCUT2D eigenvalue weighted by Gasteiger charge is -2.22. The van der Waals surface area contributed by atoms with Crippen molar-refractivity contribution in [3.63, 3.8) is 0 Å². The van der Waals surface area contributed by atoms with Crippen LogP contribution in [0.15, 0.2) is 75.7 Å². The number of thiophene rings is 1. The van der Waals surface area contributed by atoms with Gasteiger partial charge in [0.15, 0.2) is 16.7 Å². The molecule has 2 aromatic carbocycles. The molecular formula is C26H18N2O5S2. The fourth-order valence-electron chi connectivity index (χ4n) is 4.35. The molecule has 9 heteroatoms. The van der Waals surface area contributed by atoms with Crippen molar-refractivity contribution in [2.45, 2.75) is 13.0 Å². The van der Waals surface area contributed by atoms with Gasteiger partial charge < -0.3 is 14.3 Å². The first kappa shape index (κ1) is 21.6. The molecule has 3 aromatic heterocycles. The normalized spacial score (nSPS) is 16.1. The van der Waals surface area contributed by atoms with Crippen molar-refractivity contribution < 1.29 is 23.8 Å². The Labute approximate surface area is 207 Å². The van der Waals surface area contributed by atoms with Crippen LogP contribution in [-0.2, 0) is 4.79 Å². The fourth-order valence-corrected chi connectivity index (χ4v) is 6.17. The van der Waals surface area contributed by atoms with E-state index in [0.717, 1.165) is 26.3 Å². The number of carbonyl (C=O) groups is 2. The molecule has 0 radical (unpaired) electrons. The number of methoxy groups -OCH3 is 1. The number of aromatic nitrogens is 1. The van der Waals surface area contributed by atoms with Gasteiger partial charge in [-0.25, -0.2) is 4.98 Å². The highest BCUT2D eigenvalue weighted by Gasteiger charge is 2.47. The van der Waals surface area contributed by atoms with Crippen LogP contribution in [0.2, 0.25) is 0 Å². The van der Waals surface area contributed by atoms with E-state index in [1.807, 2.05) is 54.8 Å². The first-order valence-corrected chi connectivity index (χ1v) is 12.4. The number of para-hydroxylation sites is 1. The minimum absolute atomic E-state index is 0.0236. The van der Waals surface area contributed by atoms with Crippen molar-refractivity contribution >= 4 is 60.7 Å². The van der Waals surface area contributed by atoms with Gasteiger partial charge in [0.05, 0.1) is 22.9 Å². The number of aliphatic hydroxyl groups excluding tert-OH is 1. The zero-order valence-electron chi connectivity index (χ0n) is 18.6. The minimum Gasteiger partial charge on any atom is -0.503 e. The number of hydrogen-bond donors (Lipinski definition) is 1. The third-order valence-corrected chi connectivity index (χ3v) is 7.96. The molecule has 35 heavy (non-hydrogen) atoms. The van der Waals surface area contributed by atoms with Crippen LogP contribution in [0, 0.1) is 6.92 Å². The van der Waals surface area contributed by atoms with E-state index >= 15 is 0 Å². The first-order chi connectivity index (χ1) is 17.0. The summed E-state index contributed by atoms with van der Waals surface area (Å²) in [4.78, 5) is 33.8. The average Bonchev–Trinajstić information content (AvgIpc) is 3.64. The number of aryl methyl sites for hydroxylation is 1. The maximum atomic E-state index is 13.6. The maximum absolute atomic E-state index is 13.6. The van der Waals surface area contributed by atoms with Crippen molar-refractivity contribution in [3.05, 3.63) is 87.5 Å². The number of nitrogens with zero attached hydrogens (tertiary/aromatic N) is 2. The van der Waals surface area contributed by atoms with E-state index in [1.54, 1.807) is 19.2 Å². The molecule has 1 aliphatic rings. The number of thiazole rings is 1. The summed E-state index contributed by atoms with van der Waals surface area (Å²) in [6.07, 6.45) is 0. The Morgan fingerprint density at radius 1 is 1.17 bits per heavy atom. The summed E-state index contributed by atoms with van der Waals surface area (Å²) in [5.74, 6) is -1.02. The highest BCUT2D eigenvalue weighted by molar-refractivity contribution is 7.22. The van der Waals surface area contributed by atoms with Crippen molar-refractivity contribution in [2.24, 2.45) is 0 Å². The fraction of sp³-hybridized carbons (Fsp3) is 0.115. The maximum Gasteiger partial charge on any atom is 0.296 e. The second kappa shape index (κ2) is 8.07. The number of amides is 1. The number of anilines is 1. The Kier molecular flexibility index (Phi) is 4.98. The summed E-state index contributed by atoms with van der Waals surface area (Å²) in [6, 6.07) is 15.5. The second-order valence-electron chi connectivity index (χ2n) is 8.12. The number of carbonyl (C=O) groups excluding carboxylic acids is 2. The lowest BCUT2D eigenvalue weighted by Crippen LogP contribution is -2.30. The van der Waals surface area contributed by atoms with E-state index in [0.29, 0.717) is 16.2 Å². The van der Waals surface area contributed by atoms with E-state index < -0.39 is 23.5 Å². The van der Waals surface area contributed by atoms with Gasteiger partial charge in [0, 0.05) is 10.3 Å². The molecule has 0 aliphatic carbocycles. The number of aliphatic hydroxyl groups is 1. The number of ether oxygens (including phenoxy) is 1. The number of hydrogen-bond acceptors (Lipinski definition) is 8. The quantitative estimate of drug-likeness (QED) is 0.288. The Morgan fingerprint density at radius 3 is 2.74 bits per heavy atom. The molecule has 1 N–H and O–H groups in total. The van der Waals surface area contributed by atoms with Crippen LogP contribution in [0.5, 0.6) is 5.75 Å². The molecule has 0 bridgehead atoms. The van der Waals surface area contributed by atoms with Crippen molar-refractivity contribution in [3.8, 4) is 5.75 Å². The molecule has 1 unspecified atom stereocenters. The molecule has 1 amide bonds. The van der Waals surface area contributed by atoms with Gasteiger partial charge in [0.25, 0.3) is 5.91 Å². The third kappa shape index (κ3) is 3.35. The lowest BCUT2D eigenvalue weighted by molar-refractivity contribution is -0.117. The van der Waals surface area contributed by atoms with E-state index in [2.05, 4.69) is 4.98 Å². The van der Waals surface area contributed by atoms with Crippen LogP contribution in [0.4, 0.5) is 5.13 Å². The molecule has 174 valence electrons. The van der Waals surface area contributed by atoms with Gasteiger partial charge in [-0.15, -0.1) is 11.3 Å². The van der Waals surface area contributed by atoms with Crippen molar-refractivity contribution in [2.75, 3.05) is 12.0 Å². The van der Waals surface area contributed by atoms with Gasteiger partial charge in [0.2, 0.25) is 5.78 Å². The first-order valence-electron chi connectivity index (χ1n) is 10.7. The number of Topliss-reactive ketones (excluding diaryl/α,β-unsaturated/α-hetero) is 1. The molecule has 7 nitrogen and oxygen atoms in total. The number of furan rings is 1. The average molecular weight is 503 g/mol. The third-order valence-electron chi connectivity index (χ3n) is 6.01. The van der Waals surface area contributed by atoms with Crippen LogP contribution >= 0.6 is 22.7 Å². The van der Waals surface area contributed by atoms with Crippen molar-refractivity contribution in [1.29, 1.82) is 0 Å². The van der Waals surface area contributed by atoms with Crippen LogP contribution in [0.3, 0.4) is 0 Å². The highest BCUT2D eigenvalue weighted by Crippen LogP contribution is 2.46. The molecule has 0 saturated heterocycles. The highest BCUT2D eigenvalue weighted by atomic mass is 32.1. The Balaban J connectivity index is 1.48. The molecular weight excluding hydrogens is 484 g/mol. The van der Waals surface area contributed by atoms with Gasteiger partial charge in [0.1, 0.15) is 17.4 Å². The van der Waals surface area contributed by atoms with E-state index in [1.165, 1.54) is 27.6 Å². The van der Waals surface area contributed by atoms with E-state index in [-0.39, 0.29) is 11.3 Å². The van der Waals surface area contributed by atoms with Crippen LogP contribution in [0.1, 0.15) is 27.0 Å². The summed E-state index contributed by atoms with van der Waals surface area (Å²) in [5.41, 5.74) is 2.16. The molecule has 4 heterocycles. The van der Waals surface area contributed by atoms with E-state index in [9.17, 15) is 14.7 Å². The SMILES string of the molecule is COc1cc2sc(N3C(=O)C(O)=C(C(=O)c4cc5ccccc5o4)C3c3cccs3)nc2cc1C. The minimum atomic E-state index is -0.827. The standard InChI is InChI=1S/C26H18N2O5S2/c1-13-10-15-20(12-17(13)32-2)35-26(27-15)28-22(19-8-5-9-34-19)21(24(30)25(28)31)23(29)18-11-14-6-3-4-7-16(14)33-18/h3-12,22,30H,1-2H3. The Morgan fingerprint density at radius 2 is 2.00 bits per heavy atom.